The Balaban J connectivity index is 2.04. The van der Waals surface area contributed by atoms with E-state index in [0.29, 0.717) is 5.75 Å². The maximum absolute atomic E-state index is 12.5. The molecule has 0 amide bonds. The first-order valence-corrected chi connectivity index (χ1v) is 6.36. The molecule has 2 rings (SSSR count). The molecule has 1 heterocycles. The third-order valence-electron chi connectivity index (χ3n) is 2.93. The van der Waals surface area contributed by atoms with Gasteiger partial charge in [-0.1, -0.05) is 12.1 Å². The van der Waals surface area contributed by atoms with Crippen LogP contribution in [-0.2, 0) is 13.2 Å². The molecule has 0 saturated heterocycles. The molecular formula is C13H15BF3N2O-. The summed E-state index contributed by atoms with van der Waals surface area (Å²) in [5.41, 5.74) is 1.17. The lowest BCUT2D eigenvalue weighted by molar-refractivity contribution is 0.292. The second-order valence-electron chi connectivity index (χ2n) is 4.53. The fourth-order valence-corrected chi connectivity index (χ4v) is 1.93. The van der Waals surface area contributed by atoms with Gasteiger partial charge in [-0.05, 0) is 32.0 Å². The van der Waals surface area contributed by atoms with Crippen molar-refractivity contribution < 1.29 is 17.7 Å². The van der Waals surface area contributed by atoms with Crippen molar-refractivity contribution in [2.45, 2.75) is 27.0 Å². The van der Waals surface area contributed by atoms with Crippen molar-refractivity contribution in [2.75, 3.05) is 0 Å². The summed E-state index contributed by atoms with van der Waals surface area (Å²) in [6.45, 7) is -0.0931. The van der Waals surface area contributed by atoms with Crippen molar-refractivity contribution in [1.29, 1.82) is 0 Å². The number of hydrogen-bond acceptors (Lipinski definition) is 2. The summed E-state index contributed by atoms with van der Waals surface area (Å²) in [7, 11) is 0. The lowest BCUT2D eigenvalue weighted by atomic mass is 9.80. The van der Waals surface area contributed by atoms with E-state index in [0.717, 1.165) is 30.1 Å². The minimum atomic E-state index is -4.95. The van der Waals surface area contributed by atoms with Gasteiger partial charge in [-0.3, -0.25) is 4.68 Å². The molecule has 108 valence electrons. The first-order valence-electron chi connectivity index (χ1n) is 6.36. The number of aromatic nitrogens is 2. The molecule has 3 nitrogen and oxygen atoms in total. The minimum Gasteiger partial charge on any atom is -0.487 e. The van der Waals surface area contributed by atoms with E-state index in [4.69, 9.17) is 4.74 Å². The summed E-state index contributed by atoms with van der Waals surface area (Å²) in [4.78, 5) is 0. The Hall–Kier alpha value is -1.92. The summed E-state index contributed by atoms with van der Waals surface area (Å²) < 4.78 is 44.7. The highest BCUT2D eigenvalue weighted by Crippen LogP contribution is 2.15. The third-order valence-corrected chi connectivity index (χ3v) is 2.93. The molecule has 0 aliphatic carbocycles. The van der Waals surface area contributed by atoms with Gasteiger partial charge in [0, 0.05) is 6.54 Å². The van der Waals surface area contributed by atoms with E-state index in [-0.39, 0.29) is 6.61 Å². The van der Waals surface area contributed by atoms with Crippen molar-refractivity contribution >= 4 is 12.4 Å². The summed E-state index contributed by atoms with van der Waals surface area (Å²) in [5.74, 6) is 0.412. The van der Waals surface area contributed by atoms with Crippen LogP contribution >= 0.6 is 0 Å². The molecular weight excluding hydrogens is 268 g/mol. The number of nitrogens with zero attached hydrogens (tertiary/aromatic N) is 2. The molecule has 0 bridgehead atoms. The fourth-order valence-electron chi connectivity index (χ4n) is 1.93. The molecule has 0 unspecified atom stereocenters. The second-order valence-corrected chi connectivity index (χ2v) is 4.53. The van der Waals surface area contributed by atoms with Crippen LogP contribution < -0.4 is 10.2 Å². The van der Waals surface area contributed by atoms with E-state index in [1.54, 1.807) is 0 Å². The molecule has 0 aliphatic heterocycles. The van der Waals surface area contributed by atoms with Crippen LogP contribution in [0.4, 0.5) is 12.9 Å². The topological polar surface area (TPSA) is 27.1 Å². The highest BCUT2D eigenvalue weighted by Gasteiger charge is 2.24. The summed E-state index contributed by atoms with van der Waals surface area (Å²) in [5, 5.41) is 4.28. The summed E-state index contributed by atoms with van der Waals surface area (Å²) in [6, 6.07) is 6.65. The molecule has 0 fully saturated rings. The van der Waals surface area contributed by atoms with E-state index < -0.39 is 12.4 Å². The SMILES string of the molecule is CCn1nc(C)cc1COc1ccc([B-](F)(F)F)cc1. The summed E-state index contributed by atoms with van der Waals surface area (Å²) >= 11 is 0. The maximum Gasteiger partial charge on any atom is 0.509 e. The Morgan fingerprint density at radius 1 is 1.20 bits per heavy atom. The highest BCUT2D eigenvalue weighted by molar-refractivity contribution is 6.73. The van der Waals surface area contributed by atoms with Crippen LogP contribution in [0.5, 0.6) is 5.75 Å². The molecule has 0 saturated carbocycles. The minimum absolute atomic E-state index is 0.283. The van der Waals surface area contributed by atoms with Gasteiger partial charge in [-0.25, -0.2) is 0 Å². The smallest absolute Gasteiger partial charge is 0.487 e. The Kier molecular flexibility index (Phi) is 4.06. The zero-order valence-electron chi connectivity index (χ0n) is 11.3. The second kappa shape index (κ2) is 5.60. The fraction of sp³-hybridized carbons (Fsp3) is 0.308. The van der Waals surface area contributed by atoms with Crippen molar-refractivity contribution in [3.63, 3.8) is 0 Å². The molecule has 0 radical (unpaired) electrons. The van der Waals surface area contributed by atoms with Crippen LogP contribution in [0.25, 0.3) is 0 Å². The van der Waals surface area contributed by atoms with Gasteiger partial charge in [0.15, 0.2) is 0 Å². The van der Waals surface area contributed by atoms with Crippen LogP contribution in [0.15, 0.2) is 30.3 Å². The normalized spacial score (nSPS) is 11.7. The van der Waals surface area contributed by atoms with Gasteiger partial charge in [0.25, 0.3) is 0 Å². The lowest BCUT2D eigenvalue weighted by Crippen LogP contribution is -2.33. The molecule has 20 heavy (non-hydrogen) atoms. The molecule has 1 aromatic carbocycles. The standard InChI is InChI=1S/C13H15BF3N2O/c1-3-19-12(8-10(2)18-19)9-20-13-6-4-11(5-7-13)14(15,16)17/h4-8H,3,9H2,1-2H3/q-1. The Labute approximate surface area is 115 Å². The molecule has 0 N–H and O–H groups in total. The van der Waals surface area contributed by atoms with E-state index in [9.17, 15) is 12.9 Å². The first kappa shape index (κ1) is 14.5. The van der Waals surface area contributed by atoms with Gasteiger partial charge in [0.2, 0.25) is 0 Å². The quantitative estimate of drug-likeness (QED) is 0.789. The largest absolute Gasteiger partial charge is 0.509 e. The zero-order chi connectivity index (χ0) is 14.8. The number of ether oxygens (including phenoxy) is 1. The average molecular weight is 283 g/mol. The number of benzene rings is 1. The van der Waals surface area contributed by atoms with Gasteiger partial charge < -0.3 is 17.7 Å². The predicted molar refractivity (Wildman–Crippen MR) is 72.1 cm³/mol. The van der Waals surface area contributed by atoms with Crippen LogP contribution in [0, 0.1) is 6.92 Å². The van der Waals surface area contributed by atoms with Crippen molar-refractivity contribution in [2.24, 2.45) is 0 Å². The molecule has 2 aromatic rings. The Bertz CT molecular complexity index is 578. The third kappa shape index (κ3) is 3.34. The Morgan fingerprint density at radius 3 is 2.40 bits per heavy atom. The predicted octanol–water partition coefficient (Wildman–Crippen LogP) is 2.84. The van der Waals surface area contributed by atoms with E-state index in [1.165, 1.54) is 12.1 Å². The molecule has 7 heteroatoms. The molecule has 1 aromatic heterocycles. The summed E-state index contributed by atoms with van der Waals surface area (Å²) in [6.07, 6.45) is 0. The maximum atomic E-state index is 12.5. The lowest BCUT2D eigenvalue weighted by Gasteiger charge is -2.15. The number of hydrogen-bond donors (Lipinski definition) is 0. The van der Waals surface area contributed by atoms with Crippen LogP contribution in [0.1, 0.15) is 18.3 Å². The monoisotopic (exact) mass is 283 g/mol. The Morgan fingerprint density at radius 2 is 1.85 bits per heavy atom. The zero-order valence-corrected chi connectivity index (χ0v) is 11.3. The van der Waals surface area contributed by atoms with Crippen LogP contribution in [0.3, 0.4) is 0 Å². The van der Waals surface area contributed by atoms with Gasteiger partial charge >= 0.3 is 6.98 Å². The van der Waals surface area contributed by atoms with Gasteiger partial charge in [0.05, 0.1) is 11.4 Å². The number of rotatable bonds is 5. The van der Waals surface area contributed by atoms with E-state index in [1.807, 2.05) is 24.6 Å². The molecule has 0 spiro atoms. The number of aryl methyl sites for hydroxylation is 2. The number of halogens is 3. The van der Waals surface area contributed by atoms with Crippen LogP contribution in [-0.4, -0.2) is 16.8 Å². The van der Waals surface area contributed by atoms with Crippen molar-refractivity contribution in [3.05, 3.63) is 41.7 Å². The van der Waals surface area contributed by atoms with Gasteiger partial charge in [-0.15, -0.1) is 5.46 Å². The average Bonchev–Trinajstić information content (AvgIpc) is 2.76. The van der Waals surface area contributed by atoms with Gasteiger partial charge in [-0.2, -0.15) is 5.10 Å². The van der Waals surface area contributed by atoms with E-state index >= 15 is 0 Å². The van der Waals surface area contributed by atoms with Crippen molar-refractivity contribution in [3.8, 4) is 5.75 Å². The molecule has 0 atom stereocenters. The molecule has 0 aliphatic rings. The van der Waals surface area contributed by atoms with E-state index in [2.05, 4.69) is 5.10 Å². The van der Waals surface area contributed by atoms with Crippen LogP contribution in [0.2, 0.25) is 0 Å². The highest BCUT2D eigenvalue weighted by atomic mass is 19.4. The van der Waals surface area contributed by atoms with Crippen molar-refractivity contribution in [1.82, 2.24) is 9.78 Å². The van der Waals surface area contributed by atoms with Gasteiger partial charge in [0.1, 0.15) is 12.4 Å². The first-order chi connectivity index (χ1) is 9.40.